The minimum absolute atomic E-state index is 0.0676. The first kappa shape index (κ1) is 17.1. The average molecular weight is 346 g/mol. The van der Waals surface area contributed by atoms with Crippen LogP contribution in [0, 0.1) is 5.82 Å². The van der Waals surface area contributed by atoms with Crippen molar-refractivity contribution < 1.29 is 18.7 Å². The van der Waals surface area contributed by atoms with Gasteiger partial charge in [0.2, 0.25) is 5.91 Å². The highest BCUT2D eigenvalue weighted by Gasteiger charge is 2.36. The van der Waals surface area contributed by atoms with Crippen molar-refractivity contribution in [2.45, 2.75) is 18.9 Å². The second-order valence-corrected chi connectivity index (χ2v) is 5.88. The van der Waals surface area contributed by atoms with Crippen LogP contribution in [-0.2, 0) is 9.53 Å². The van der Waals surface area contributed by atoms with Gasteiger partial charge in [0.25, 0.3) is 0 Å². The normalized spacial score (nSPS) is 17.0. The van der Waals surface area contributed by atoms with Gasteiger partial charge in [0.1, 0.15) is 18.2 Å². The lowest BCUT2D eigenvalue weighted by molar-refractivity contribution is -0.135. The summed E-state index contributed by atoms with van der Waals surface area (Å²) in [7, 11) is 1.44. The molecule has 8 heteroatoms. The van der Waals surface area contributed by atoms with Crippen molar-refractivity contribution in [2.75, 3.05) is 26.0 Å². The summed E-state index contributed by atoms with van der Waals surface area (Å²) in [6.45, 7) is 0.443. The first-order valence-corrected chi connectivity index (χ1v) is 7.95. The lowest BCUT2D eigenvalue weighted by atomic mass is 10.0. The molecule has 1 atom stereocenters. The first-order valence-electron chi connectivity index (χ1n) is 7.95. The Morgan fingerprint density at radius 1 is 1.44 bits per heavy atom. The molecule has 0 saturated carbocycles. The van der Waals surface area contributed by atoms with Gasteiger partial charge in [-0.3, -0.25) is 9.59 Å². The predicted molar refractivity (Wildman–Crippen MR) is 88.9 cm³/mol. The van der Waals surface area contributed by atoms with Gasteiger partial charge < -0.3 is 15.4 Å². The molecule has 1 saturated heterocycles. The molecule has 2 N–H and O–H groups in total. The molecule has 1 aromatic carbocycles. The number of Topliss-reactive ketones (excluding diaryl/α,β-unsaturated/α-hetero) is 1. The van der Waals surface area contributed by atoms with Crippen molar-refractivity contribution in [3.05, 3.63) is 41.8 Å². The number of nitrogens with zero attached hydrogens (tertiary/aromatic N) is 3. The fraction of sp³-hybridized carbons (Fsp3) is 0.353. The molecule has 25 heavy (non-hydrogen) atoms. The van der Waals surface area contributed by atoms with Gasteiger partial charge in [0, 0.05) is 13.7 Å². The van der Waals surface area contributed by atoms with Crippen molar-refractivity contribution in [1.29, 1.82) is 0 Å². The number of hydrogen-bond donors (Lipinski definition) is 1. The number of benzene rings is 1. The summed E-state index contributed by atoms with van der Waals surface area (Å²) < 4.78 is 19.6. The van der Waals surface area contributed by atoms with E-state index in [1.54, 1.807) is 6.07 Å². The Kier molecular flexibility index (Phi) is 4.80. The largest absolute Gasteiger partial charge is 0.383 e. The molecule has 0 radical (unpaired) electrons. The Morgan fingerprint density at radius 2 is 2.24 bits per heavy atom. The van der Waals surface area contributed by atoms with Crippen LogP contribution in [0.25, 0.3) is 5.69 Å². The van der Waals surface area contributed by atoms with Crippen LogP contribution in [0.15, 0.2) is 30.5 Å². The van der Waals surface area contributed by atoms with E-state index in [-0.39, 0.29) is 29.7 Å². The Hall–Kier alpha value is -2.74. The van der Waals surface area contributed by atoms with Gasteiger partial charge in [-0.2, -0.15) is 5.10 Å². The number of amides is 1. The molecule has 1 unspecified atom stereocenters. The Morgan fingerprint density at radius 3 is 2.96 bits per heavy atom. The van der Waals surface area contributed by atoms with Crippen LogP contribution in [0.4, 0.5) is 10.2 Å². The summed E-state index contributed by atoms with van der Waals surface area (Å²) in [5.41, 5.74) is 6.72. The number of nitrogens with two attached hydrogens (primary N) is 1. The van der Waals surface area contributed by atoms with Crippen LogP contribution >= 0.6 is 0 Å². The standard InChI is InChI=1S/C17H19FN4O3/c1-25-10-15(23)21-7-3-6-14(21)16(24)13-9-20-22(17(13)19)12-5-2-4-11(18)8-12/h2,4-5,8-9,14H,3,6-7,10,19H2,1H3. The van der Waals surface area contributed by atoms with E-state index in [0.29, 0.717) is 18.7 Å². The molecule has 0 bridgehead atoms. The van der Waals surface area contributed by atoms with Crippen LogP contribution in [-0.4, -0.2) is 52.7 Å². The van der Waals surface area contributed by atoms with Crippen molar-refractivity contribution in [3.8, 4) is 5.69 Å². The summed E-state index contributed by atoms with van der Waals surface area (Å²) in [5.74, 6) is -0.786. The number of aromatic nitrogens is 2. The number of carbonyl (C=O) groups is 2. The van der Waals surface area contributed by atoms with E-state index in [1.165, 1.54) is 41.1 Å². The highest BCUT2D eigenvalue weighted by Crippen LogP contribution is 2.25. The van der Waals surface area contributed by atoms with Gasteiger partial charge in [0.15, 0.2) is 5.78 Å². The predicted octanol–water partition coefficient (Wildman–Crippen LogP) is 1.41. The third kappa shape index (κ3) is 3.25. The van der Waals surface area contributed by atoms with Gasteiger partial charge in [-0.15, -0.1) is 0 Å². The molecule has 1 aromatic heterocycles. The highest BCUT2D eigenvalue weighted by atomic mass is 19.1. The molecule has 132 valence electrons. The number of ether oxygens (including phenoxy) is 1. The van der Waals surface area contributed by atoms with Crippen molar-refractivity contribution in [1.82, 2.24) is 14.7 Å². The Balaban J connectivity index is 1.87. The topological polar surface area (TPSA) is 90.5 Å². The zero-order valence-corrected chi connectivity index (χ0v) is 13.8. The molecule has 0 spiro atoms. The molecule has 1 fully saturated rings. The van der Waals surface area contributed by atoms with E-state index in [2.05, 4.69) is 5.10 Å². The molecule has 2 aromatic rings. The molecular weight excluding hydrogens is 327 g/mol. The van der Waals surface area contributed by atoms with Crippen LogP contribution in [0.2, 0.25) is 0 Å². The molecule has 1 aliphatic rings. The van der Waals surface area contributed by atoms with E-state index in [4.69, 9.17) is 10.5 Å². The second-order valence-electron chi connectivity index (χ2n) is 5.88. The molecule has 1 aliphatic heterocycles. The monoisotopic (exact) mass is 346 g/mol. The minimum Gasteiger partial charge on any atom is -0.383 e. The average Bonchev–Trinajstić information content (AvgIpc) is 3.21. The van der Waals surface area contributed by atoms with Gasteiger partial charge in [0.05, 0.1) is 23.5 Å². The molecule has 7 nitrogen and oxygen atoms in total. The Labute approximate surface area is 144 Å². The zero-order valence-electron chi connectivity index (χ0n) is 13.8. The van der Waals surface area contributed by atoms with E-state index >= 15 is 0 Å². The van der Waals surface area contributed by atoms with Gasteiger partial charge >= 0.3 is 0 Å². The summed E-state index contributed by atoms with van der Waals surface area (Å²) in [6, 6.07) is 5.20. The maximum Gasteiger partial charge on any atom is 0.249 e. The maximum absolute atomic E-state index is 13.4. The van der Waals surface area contributed by atoms with Crippen LogP contribution < -0.4 is 5.73 Å². The van der Waals surface area contributed by atoms with E-state index < -0.39 is 11.9 Å². The molecule has 3 rings (SSSR count). The number of halogens is 1. The smallest absolute Gasteiger partial charge is 0.249 e. The molecule has 0 aliphatic carbocycles. The maximum atomic E-state index is 13.4. The quantitative estimate of drug-likeness (QED) is 0.827. The molecule has 2 heterocycles. The van der Waals surface area contributed by atoms with Crippen molar-refractivity contribution in [2.24, 2.45) is 0 Å². The zero-order chi connectivity index (χ0) is 18.0. The van der Waals surface area contributed by atoms with Gasteiger partial charge in [-0.05, 0) is 31.0 Å². The number of methoxy groups -OCH3 is 1. The summed E-state index contributed by atoms with van der Waals surface area (Å²) in [5, 5.41) is 4.10. The third-order valence-corrected chi connectivity index (χ3v) is 4.27. The number of nitrogen functional groups attached to an aromatic ring is 1. The van der Waals surface area contributed by atoms with Gasteiger partial charge in [-0.25, -0.2) is 9.07 Å². The first-order chi connectivity index (χ1) is 12.0. The van der Waals surface area contributed by atoms with Gasteiger partial charge in [-0.1, -0.05) is 6.07 Å². The number of ketones is 1. The molecule has 1 amide bonds. The van der Waals surface area contributed by atoms with Crippen molar-refractivity contribution >= 4 is 17.5 Å². The third-order valence-electron chi connectivity index (χ3n) is 4.27. The lowest BCUT2D eigenvalue weighted by Gasteiger charge is -2.23. The minimum atomic E-state index is -0.574. The van der Waals surface area contributed by atoms with Crippen LogP contribution in [0.5, 0.6) is 0 Å². The van der Waals surface area contributed by atoms with E-state index in [0.717, 1.165) is 6.42 Å². The fourth-order valence-electron chi connectivity index (χ4n) is 3.09. The summed E-state index contributed by atoms with van der Waals surface area (Å²) in [4.78, 5) is 26.5. The second kappa shape index (κ2) is 7.02. The van der Waals surface area contributed by atoms with Crippen LogP contribution in [0.3, 0.4) is 0 Å². The Bertz CT molecular complexity index is 805. The van der Waals surface area contributed by atoms with Crippen molar-refractivity contribution in [3.63, 3.8) is 0 Å². The lowest BCUT2D eigenvalue weighted by Crippen LogP contribution is -2.42. The number of likely N-dealkylation sites (tertiary alicyclic amines) is 1. The number of anilines is 1. The summed E-state index contributed by atoms with van der Waals surface area (Å²) in [6.07, 6.45) is 2.67. The SMILES string of the molecule is COCC(=O)N1CCCC1C(=O)c1cnn(-c2cccc(F)c2)c1N. The number of hydrogen-bond acceptors (Lipinski definition) is 5. The number of rotatable bonds is 5. The number of carbonyl (C=O) groups excluding carboxylic acids is 2. The van der Waals surface area contributed by atoms with Crippen LogP contribution in [0.1, 0.15) is 23.2 Å². The van der Waals surface area contributed by atoms with E-state index in [9.17, 15) is 14.0 Å². The highest BCUT2D eigenvalue weighted by molar-refractivity contribution is 6.05. The fourth-order valence-corrected chi connectivity index (χ4v) is 3.09. The molecular formula is C17H19FN4O3. The summed E-state index contributed by atoms with van der Waals surface area (Å²) >= 11 is 0. The van der Waals surface area contributed by atoms with E-state index in [1.807, 2.05) is 0 Å².